The van der Waals surface area contributed by atoms with Gasteiger partial charge in [0.25, 0.3) is 0 Å². The van der Waals surface area contributed by atoms with Gasteiger partial charge >= 0.3 is 0 Å². The van der Waals surface area contributed by atoms with Crippen LogP contribution in [0.5, 0.6) is 0 Å². The van der Waals surface area contributed by atoms with Crippen molar-refractivity contribution in [3.8, 4) is 0 Å². The molecule has 0 aromatic carbocycles. The number of allylic oxidation sites excluding steroid dienone is 1. The lowest BCUT2D eigenvalue weighted by Crippen LogP contribution is -2.24. The van der Waals surface area contributed by atoms with E-state index in [0.29, 0.717) is 0 Å². The number of nitrogens with two attached hydrogens (primary N) is 1. The SMILES string of the molecule is CCCCCCCCCCCCC/C=C/C(N=O)C(CO)N=NN. The van der Waals surface area contributed by atoms with Crippen molar-refractivity contribution in [2.24, 2.45) is 21.4 Å². The van der Waals surface area contributed by atoms with Crippen molar-refractivity contribution < 1.29 is 5.11 Å². The van der Waals surface area contributed by atoms with E-state index in [2.05, 4.69) is 22.4 Å². The van der Waals surface area contributed by atoms with E-state index in [1.54, 1.807) is 6.08 Å². The van der Waals surface area contributed by atoms with Crippen molar-refractivity contribution in [1.29, 1.82) is 0 Å². The smallest absolute Gasteiger partial charge is 0.136 e. The largest absolute Gasteiger partial charge is 0.394 e. The van der Waals surface area contributed by atoms with E-state index in [0.717, 1.165) is 12.8 Å². The molecular weight excluding hydrogens is 304 g/mol. The Morgan fingerprint density at radius 1 is 0.958 bits per heavy atom. The molecule has 0 aromatic rings. The molecule has 24 heavy (non-hydrogen) atoms. The Bertz CT molecular complexity index is 335. The summed E-state index contributed by atoms with van der Waals surface area (Å²) >= 11 is 0. The molecule has 0 aliphatic rings. The van der Waals surface area contributed by atoms with Gasteiger partial charge in [0.15, 0.2) is 0 Å². The Kier molecular flexibility index (Phi) is 17.1. The second-order valence-corrected chi connectivity index (χ2v) is 6.33. The molecule has 140 valence electrons. The third-order valence-corrected chi connectivity index (χ3v) is 4.23. The average molecular weight is 341 g/mol. The highest BCUT2D eigenvalue weighted by atomic mass is 16.3. The summed E-state index contributed by atoms with van der Waals surface area (Å²) in [6.07, 6.45) is 19.0. The summed E-state index contributed by atoms with van der Waals surface area (Å²) in [5.74, 6) is 4.95. The van der Waals surface area contributed by atoms with Crippen LogP contribution in [0.25, 0.3) is 0 Å². The van der Waals surface area contributed by atoms with E-state index in [1.807, 2.05) is 6.08 Å². The van der Waals surface area contributed by atoms with Crippen LogP contribution in [-0.2, 0) is 0 Å². The Balaban J connectivity index is 3.55. The van der Waals surface area contributed by atoms with Gasteiger partial charge in [0, 0.05) is 0 Å². The number of aliphatic hydroxyl groups is 1. The lowest BCUT2D eigenvalue weighted by atomic mass is 10.0. The molecule has 3 N–H and O–H groups in total. The fourth-order valence-corrected chi connectivity index (χ4v) is 2.69. The molecule has 0 heterocycles. The van der Waals surface area contributed by atoms with Crippen molar-refractivity contribution in [1.82, 2.24) is 0 Å². The molecule has 0 saturated carbocycles. The van der Waals surface area contributed by atoms with E-state index in [1.165, 1.54) is 64.2 Å². The van der Waals surface area contributed by atoms with Gasteiger partial charge in [-0.25, -0.2) is 0 Å². The number of nitroso groups, excluding NO2 is 1. The molecule has 6 heteroatoms. The van der Waals surface area contributed by atoms with Crippen LogP contribution in [0, 0.1) is 4.91 Å². The summed E-state index contributed by atoms with van der Waals surface area (Å²) in [6, 6.07) is -1.38. The summed E-state index contributed by atoms with van der Waals surface area (Å²) in [4.78, 5) is 10.8. The van der Waals surface area contributed by atoms with E-state index >= 15 is 0 Å². The normalized spacial score (nSPS) is 14.4. The molecule has 6 nitrogen and oxygen atoms in total. The summed E-state index contributed by atoms with van der Waals surface area (Å²) in [5, 5.41) is 18.8. The Morgan fingerprint density at radius 2 is 1.50 bits per heavy atom. The number of rotatable bonds is 17. The molecule has 0 fully saturated rings. The highest BCUT2D eigenvalue weighted by Gasteiger charge is 2.18. The van der Waals surface area contributed by atoms with E-state index < -0.39 is 12.1 Å². The maximum absolute atomic E-state index is 10.8. The maximum Gasteiger partial charge on any atom is 0.136 e. The minimum absolute atomic E-state index is 0.292. The van der Waals surface area contributed by atoms with Crippen LogP contribution in [-0.4, -0.2) is 23.8 Å². The Morgan fingerprint density at radius 3 is 1.96 bits per heavy atom. The predicted molar refractivity (Wildman–Crippen MR) is 99.7 cm³/mol. The van der Waals surface area contributed by atoms with Crippen molar-refractivity contribution in [2.75, 3.05) is 6.61 Å². The molecule has 0 rings (SSSR count). The van der Waals surface area contributed by atoms with Crippen molar-refractivity contribution in [3.63, 3.8) is 0 Å². The lowest BCUT2D eigenvalue weighted by Gasteiger charge is -2.09. The second kappa shape index (κ2) is 18.0. The second-order valence-electron chi connectivity index (χ2n) is 6.33. The Hall–Kier alpha value is -1.30. The number of hydrogen-bond donors (Lipinski definition) is 2. The third-order valence-electron chi connectivity index (χ3n) is 4.23. The number of hydrogen-bond acceptors (Lipinski definition) is 5. The standard InChI is InChI=1S/C18H36N4O2/c1-2-3-4-5-6-7-8-9-10-11-12-13-14-15-17(21-24)18(16-23)20-22-19/h14-15,17-18,23H,2-13,16H2,1H3,(H2,19,20)/b15-14+. The minimum Gasteiger partial charge on any atom is -0.394 e. The first kappa shape index (κ1) is 22.7. The first-order chi connectivity index (χ1) is 11.8. The molecular formula is C18H36N4O2. The van der Waals surface area contributed by atoms with E-state index in [9.17, 15) is 4.91 Å². The van der Waals surface area contributed by atoms with Crippen LogP contribution < -0.4 is 5.84 Å². The summed E-state index contributed by atoms with van der Waals surface area (Å²) in [6.45, 7) is 1.96. The predicted octanol–water partition coefficient (Wildman–Crippen LogP) is 5.07. The molecule has 0 aromatic heterocycles. The van der Waals surface area contributed by atoms with E-state index in [4.69, 9.17) is 10.9 Å². The quantitative estimate of drug-likeness (QED) is 0.0965. The molecule has 2 atom stereocenters. The molecule has 2 unspecified atom stereocenters. The lowest BCUT2D eigenvalue weighted by molar-refractivity contribution is 0.254. The van der Waals surface area contributed by atoms with Crippen LogP contribution in [0.3, 0.4) is 0 Å². The number of aliphatic hydroxyl groups excluding tert-OH is 1. The van der Waals surface area contributed by atoms with Crippen LogP contribution in [0.15, 0.2) is 27.7 Å². The number of nitrogens with zero attached hydrogens (tertiary/aromatic N) is 3. The highest BCUT2D eigenvalue weighted by Crippen LogP contribution is 2.12. The molecule has 0 bridgehead atoms. The first-order valence-electron chi connectivity index (χ1n) is 9.50. The zero-order valence-electron chi connectivity index (χ0n) is 15.3. The molecule has 0 spiro atoms. The van der Waals surface area contributed by atoms with Gasteiger partial charge in [-0.2, -0.15) is 10.0 Å². The number of unbranched alkanes of at least 4 members (excludes halogenated alkanes) is 11. The average Bonchev–Trinajstić information content (AvgIpc) is 2.60. The minimum atomic E-state index is -0.699. The third kappa shape index (κ3) is 13.2. The van der Waals surface area contributed by atoms with Gasteiger partial charge in [-0.15, -0.1) is 0 Å². The Labute approximate surface area is 146 Å². The van der Waals surface area contributed by atoms with Crippen molar-refractivity contribution >= 4 is 0 Å². The van der Waals surface area contributed by atoms with Crippen LogP contribution >= 0.6 is 0 Å². The van der Waals surface area contributed by atoms with Crippen LogP contribution in [0.1, 0.15) is 84.0 Å². The molecule has 0 aliphatic carbocycles. The molecule has 0 aliphatic heterocycles. The van der Waals surface area contributed by atoms with Gasteiger partial charge in [0.05, 0.1) is 6.61 Å². The van der Waals surface area contributed by atoms with Gasteiger partial charge in [0.1, 0.15) is 12.1 Å². The zero-order chi connectivity index (χ0) is 17.9. The van der Waals surface area contributed by atoms with Gasteiger partial charge in [-0.05, 0) is 12.8 Å². The fourth-order valence-electron chi connectivity index (χ4n) is 2.69. The molecule has 0 saturated heterocycles. The van der Waals surface area contributed by atoms with Crippen LogP contribution in [0.4, 0.5) is 0 Å². The van der Waals surface area contributed by atoms with Gasteiger partial charge in [-0.3, -0.25) is 0 Å². The zero-order valence-corrected chi connectivity index (χ0v) is 15.3. The van der Waals surface area contributed by atoms with Crippen molar-refractivity contribution in [3.05, 3.63) is 17.1 Å². The van der Waals surface area contributed by atoms with Crippen LogP contribution in [0.2, 0.25) is 0 Å². The fraction of sp³-hybridized carbons (Fsp3) is 0.889. The van der Waals surface area contributed by atoms with Gasteiger partial charge < -0.3 is 10.9 Å². The van der Waals surface area contributed by atoms with Crippen molar-refractivity contribution in [2.45, 2.75) is 96.1 Å². The molecule has 0 amide bonds. The first-order valence-corrected chi connectivity index (χ1v) is 9.50. The maximum atomic E-state index is 10.8. The monoisotopic (exact) mass is 340 g/mol. The van der Waals surface area contributed by atoms with E-state index in [-0.39, 0.29) is 6.61 Å². The molecule has 0 radical (unpaired) electrons. The highest BCUT2D eigenvalue weighted by molar-refractivity contribution is 4.99. The topological polar surface area (TPSA) is 100 Å². The summed E-state index contributed by atoms with van der Waals surface area (Å²) in [5.41, 5.74) is 0. The van der Waals surface area contributed by atoms with Gasteiger partial charge in [0.2, 0.25) is 0 Å². The van der Waals surface area contributed by atoms with Gasteiger partial charge in [-0.1, -0.05) is 93.7 Å². The summed E-state index contributed by atoms with van der Waals surface area (Å²) < 4.78 is 0. The summed E-state index contributed by atoms with van der Waals surface area (Å²) in [7, 11) is 0.